The summed E-state index contributed by atoms with van der Waals surface area (Å²) in [6.07, 6.45) is 5.10. The number of hydrogen-bond donors (Lipinski definition) is 0. The number of nitrogens with zero attached hydrogens (tertiary/aromatic N) is 3. The maximum absolute atomic E-state index is 13.1. The van der Waals surface area contributed by atoms with Crippen molar-refractivity contribution in [2.24, 2.45) is 21.7 Å². The van der Waals surface area contributed by atoms with E-state index in [2.05, 4.69) is 51.1 Å². The Bertz CT molecular complexity index is 1150. The molecule has 1 aromatic carbocycles. The Labute approximate surface area is 180 Å². The number of hydrogen-bond acceptors (Lipinski definition) is 4. The summed E-state index contributed by atoms with van der Waals surface area (Å²) in [5.41, 5.74) is 3.50. The summed E-state index contributed by atoms with van der Waals surface area (Å²) in [6.45, 7) is 13.8. The van der Waals surface area contributed by atoms with Gasteiger partial charge in [0.1, 0.15) is 5.82 Å². The smallest absolute Gasteiger partial charge is 0.182 e. The van der Waals surface area contributed by atoms with Crippen molar-refractivity contribution < 1.29 is 8.42 Å². The molecule has 162 valence electrons. The molecule has 2 aliphatic rings. The van der Waals surface area contributed by atoms with Crippen LogP contribution in [0.25, 0.3) is 11.0 Å². The van der Waals surface area contributed by atoms with Crippen molar-refractivity contribution >= 4 is 26.6 Å². The molecule has 30 heavy (non-hydrogen) atoms. The van der Waals surface area contributed by atoms with Crippen LogP contribution >= 0.6 is 0 Å². The van der Waals surface area contributed by atoms with Crippen molar-refractivity contribution in [2.75, 3.05) is 5.75 Å². The van der Waals surface area contributed by atoms with Crippen LogP contribution in [0.3, 0.4) is 0 Å². The van der Waals surface area contributed by atoms with Crippen molar-refractivity contribution in [1.82, 2.24) is 9.55 Å². The number of imidazole rings is 1. The SMILES string of the molecule is CC(C)(C)Cc1nc2cc(S(=O)(=O)CC3=CN=C3C(C)(C)C)ccc2n1CC1CC1. The van der Waals surface area contributed by atoms with Gasteiger partial charge in [0.15, 0.2) is 9.84 Å². The van der Waals surface area contributed by atoms with Crippen molar-refractivity contribution in [3.05, 3.63) is 35.8 Å². The van der Waals surface area contributed by atoms with Gasteiger partial charge in [-0.25, -0.2) is 13.4 Å². The topological polar surface area (TPSA) is 64.3 Å². The molecule has 0 amide bonds. The van der Waals surface area contributed by atoms with Gasteiger partial charge >= 0.3 is 0 Å². The molecule has 1 aromatic heterocycles. The molecular weight excluding hydrogens is 394 g/mol. The second-order valence-electron chi connectivity index (χ2n) is 11.1. The van der Waals surface area contributed by atoms with Gasteiger partial charge in [0, 0.05) is 30.2 Å². The third kappa shape index (κ3) is 4.39. The minimum Gasteiger partial charge on any atom is -0.328 e. The van der Waals surface area contributed by atoms with E-state index in [0.717, 1.165) is 47.0 Å². The van der Waals surface area contributed by atoms with E-state index in [1.165, 1.54) is 12.8 Å². The molecule has 0 radical (unpaired) electrons. The van der Waals surface area contributed by atoms with E-state index < -0.39 is 9.84 Å². The van der Waals surface area contributed by atoms with Gasteiger partial charge in [-0.15, -0.1) is 0 Å². The first-order chi connectivity index (χ1) is 13.8. The van der Waals surface area contributed by atoms with Crippen molar-refractivity contribution in [1.29, 1.82) is 0 Å². The van der Waals surface area contributed by atoms with Crippen LogP contribution in [-0.2, 0) is 22.8 Å². The summed E-state index contributed by atoms with van der Waals surface area (Å²) in [4.78, 5) is 9.53. The van der Waals surface area contributed by atoms with Crippen LogP contribution in [-0.4, -0.2) is 29.4 Å². The molecular formula is C24H33N3O2S. The molecule has 1 aliphatic heterocycles. The number of fused-ring (bicyclic) bond motifs is 1. The molecule has 2 heterocycles. The highest BCUT2D eigenvalue weighted by Gasteiger charge is 2.31. The second kappa shape index (κ2) is 7.04. The zero-order valence-electron chi connectivity index (χ0n) is 19.0. The molecule has 0 N–H and O–H groups in total. The van der Waals surface area contributed by atoms with Gasteiger partial charge < -0.3 is 4.57 Å². The Balaban J connectivity index is 1.66. The lowest BCUT2D eigenvalue weighted by Gasteiger charge is -2.27. The van der Waals surface area contributed by atoms with E-state index >= 15 is 0 Å². The van der Waals surface area contributed by atoms with E-state index in [-0.39, 0.29) is 16.6 Å². The third-order valence-corrected chi connectivity index (χ3v) is 7.36. The van der Waals surface area contributed by atoms with Gasteiger partial charge in [0.25, 0.3) is 0 Å². The van der Waals surface area contributed by atoms with Crippen LogP contribution in [0.4, 0.5) is 0 Å². The summed E-state index contributed by atoms with van der Waals surface area (Å²) in [7, 11) is -3.45. The van der Waals surface area contributed by atoms with Crippen molar-refractivity contribution in [3.8, 4) is 0 Å². The molecule has 4 rings (SSSR count). The van der Waals surface area contributed by atoms with E-state index in [9.17, 15) is 8.42 Å². The molecule has 1 fully saturated rings. The van der Waals surface area contributed by atoms with E-state index in [1.807, 2.05) is 6.07 Å². The highest BCUT2D eigenvalue weighted by atomic mass is 32.2. The minimum absolute atomic E-state index is 0.00770. The number of rotatable bonds is 6. The van der Waals surface area contributed by atoms with Crippen LogP contribution in [0.5, 0.6) is 0 Å². The predicted octanol–water partition coefficient (Wildman–Crippen LogP) is 5.19. The van der Waals surface area contributed by atoms with Gasteiger partial charge in [0.2, 0.25) is 0 Å². The summed E-state index contributed by atoms with van der Waals surface area (Å²) in [6, 6.07) is 5.45. The fraction of sp³-hybridized carbons (Fsp3) is 0.583. The quantitative estimate of drug-likeness (QED) is 0.637. The maximum Gasteiger partial charge on any atom is 0.182 e. The zero-order valence-corrected chi connectivity index (χ0v) is 19.8. The lowest BCUT2D eigenvalue weighted by atomic mass is 9.84. The van der Waals surface area contributed by atoms with Gasteiger partial charge in [-0.3, -0.25) is 4.99 Å². The largest absolute Gasteiger partial charge is 0.328 e. The third-order valence-electron chi connectivity index (χ3n) is 5.69. The second-order valence-corrected chi connectivity index (χ2v) is 13.1. The summed E-state index contributed by atoms with van der Waals surface area (Å²) in [5.74, 6) is 1.78. The predicted molar refractivity (Wildman–Crippen MR) is 123 cm³/mol. The van der Waals surface area contributed by atoms with Crippen LogP contribution in [0.1, 0.15) is 60.2 Å². The molecule has 0 atom stereocenters. The van der Waals surface area contributed by atoms with E-state index in [1.54, 1.807) is 18.3 Å². The number of benzene rings is 1. The molecule has 2 aromatic rings. The fourth-order valence-electron chi connectivity index (χ4n) is 4.01. The Morgan fingerprint density at radius 3 is 2.33 bits per heavy atom. The fourth-order valence-corrected chi connectivity index (χ4v) is 5.37. The normalized spacial score (nSPS) is 17.7. The van der Waals surface area contributed by atoms with Crippen LogP contribution < -0.4 is 0 Å². The summed E-state index contributed by atoms with van der Waals surface area (Å²) >= 11 is 0. The molecule has 5 nitrogen and oxygen atoms in total. The average molecular weight is 428 g/mol. The van der Waals surface area contributed by atoms with Crippen LogP contribution in [0.2, 0.25) is 0 Å². The molecule has 6 heteroatoms. The Kier molecular flexibility index (Phi) is 5.00. The Hall–Kier alpha value is -1.95. The first-order valence-corrected chi connectivity index (χ1v) is 12.5. The molecule has 0 saturated heterocycles. The van der Waals surface area contributed by atoms with E-state index in [0.29, 0.717) is 4.90 Å². The Morgan fingerprint density at radius 1 is 1.10 bits per heavy atom. The van der Waals surface area contributed by atoms with E-state index in [4.69, 9.17) is 4.98 Å². The monoisotopic (exact) mass is 427 g/mol. The van der Waals surface area contributed by atoms with Gasteiger partial charge in [-0.1, -0.05) is 41.5 Å². The maximum atomic E-state index is 13.1. The minimum atomic E-state index is -3.45. The average Bonchev–Trinajstić information content (AvgIpc) is 3.32. The van der Waals surface area contributed by atoms with Crippen LogP contribution in [0, 0.1) is 16.7 Å². The number of sulfone groups is 1. The summed E-state index contributed by atoms with van der Waals surface area (Å²) < 4.78 is 28.6. The van der Waals surface area contributed by atoms with Gasteiger partial charge in [-0.05, 0) is 42.4 Å². The highest BCUT2D eigenvalue weighted by molar-refractivity contribution is 7.91. The first-order valence-electron chi connectivity index (χ1n) is 10.8. The Morgan fingerprint density at radius 2 is 1.80 bits per heavy atom. The molecule has 0 spiro atoms. The molecule has 0 bridgehead atoms. The number of aromatic nitrogens is 2. The summed E-state index contributed by atoms with van der Waals surface area (Å²) in [5, 5.41) is 0. The van der Waals surface area contributed by atoms with Crippen molar-refractivity contribution in [2.45, 2.75) is 72.2 Å². The lowest BCUT2D eigenvalue weighted by Crippen LogP contribution is -2.30. The first kappa shape index (κ1) is 21.3. The molecule has 1 saturated carbocycles. The van der Waals surface area contributed by atoms with Crippen molar-refractivity contribution in [3.63, 3.8) is 0 Å². The van der Waals surface area contributed by atoms with Gasteiger partial charge in [-0.2, -0.15) is 0 Å². The van der Waals surface area contributed by atoms with Gasteiger partial charge in [0.05, 0.1) is 27.4 Å². The standard InChI is InChI=1S/C24H33N3O2S/c1-23(2,3)12-21-26-19-11-18(9-10-20(19)27(21)14-16-7-8-16)30(28,29)15-17-13-25-22(17)24(4,5)6/h9-11,13,16H,7-8,12,14-15H2,1-6H3. The van der Waals surface area contributed by atoms with Crippen LogP contribution in [0.15, 0.2) is 39.9 Å². The molecule has 1 aliphatic carbocycles. The number of aliphatic imine (C=N–C) groups is 1. The lowest BCUT2D eigenvalue weighted by molar-refractivity contribution is 0.391. The zero-order chi connectivity index (χ0) is 21.9. The molecule has 0 unspecified atom stereocenters. The highest BCUT2D eigenvalue weighted by Crippen LogP contribution is 2.35.